The topological polar surface area (TPSA) is 87.7 Å². The van der Waals surface area contributed by atoms with Crippen LogP contribution in [0.5, 0.6) is 5.88 Å². The summed E-state index contributed by atoms with van der Waals surface area (Å²) < 4.78 is 18.9. The van der Waals surface area contributed by atoms with E-state index in [4.69, 9.17) is 10.5 Å². The van der Waals surface area contributed by atoms with Crippen LogP contribution in [-0.4, -0.2) is 10.2 Å². The number of aromatic amines is 1. The number of allylic oxidation sites excluding steroid dienone is 3. The summed E-state index contributed by atoms with van der Waals surface area (Å²) in [6.45, 7) is 0. The van der Waals surface area contributed by atoms with Gasteiger partial charge in [-0.3, -0.25) is 5.10 Å². The minimum absolute atomic E-state index is 0.117. The van der Waals surface area contributed by atoms with Gasteiger partial charge in [0, 0.05) is 11.5 Å². The first-order valence-corrected chi connectivity index (χ1v) is 8.26. The number of nitrogens with two attached hydrogens (primary N) is 1. The largest absolute Gasteiger partial charge is 0.420 e. The molecule has 0 bridgehead atoms. The van der Waals surface area contributed by atoms with E-state index in [0.29, 0.717) is 11.5 Å². The summed E-state index contributed by atoms with van der Waals surface area (Å²) in [5.74, 6) is 0.279. The van der Waals surface area contributed by atoms with Crippen LogP contribution in [0.1, 0.15) is 30.7 Å². The molecule has 4 rings (SSSR count). The molecular formula is C19H17FN4O. The summed E-state index contributed by atoms with van der Waals surface area (Å²) >= 11 is 0. The normalized spacial score (nSPS) is 22.2. The number of hydrogen-bond acceptors (Lipinski definition) is 4. The zero-order valence-corrected chi connectivity index (χ0v) is 13.5. The van der Waals surface area contributed by atoms with E-state index in [0.717, 1.165) is 36.1 Å². The molecule has 0 saturated heterocycles. The van der Waals surface area contributed by atoms with Crippen LogP contribution in [0.4, 0.5) is 4.39 Å². The van der Waals surface area contributed by atoms with Crippen LogP contribution in [-0.2, 0) is 0 Å². The second kappa shape index (κ2) is 6.10. The fourth-order valence-electron chi connectivity index (χ4n) is 3.71. The molecule has 0 fully saturated rings. The zero-order valence-electron chi connectivity index (χ0n) is 13.5. The maximum Gasteiger partial charge on any atom is 0.244 e. The Bertz CT molecular complexity index is 904. The number of benzene rings is 1. The van der Waals surface area contributed by atoms with E-state index in [9.17, 15) is 9.65 Å². The molecular weight excluding hydrogens is 319 g/mol. The Labute approximate surface area is 144 Å². The molecule has 3 N–H and O–H groups in total. The molecule has 2 aromatic rings. The number of rotatable bonds is 2. The maximum atomic E-state index is 13.3. The monoisotopic (exact) mass is 336 g/mol. The molecule has 5 nitrogen and oxygen atoms in total. The first-order chi connectivity index (χ1) is 12.2. The molecule has 0 spiro atoms. The molecule has 0 amide bonds. The van der Waals surface area contributed by atoms with Crippen molar-refractivity contribution in [3.05, 3.63) is 59.3 Å². The third kappa shape index (κ3) is 2.58. The molecule has 2 aliphatic rings. The van der Waals surface area contributed by atoms with Crippen molar-refractivity contribution in [1.29, 1.82) is 5.26 Å². The lowest BCUT2D eigenvalue weighted by molar-refractivity contribution is 0.340. The van der Waals surface area contributed by atoms with E-state index in [2.05, 4.69) is 28.4 Å². The molecule has 126 valence electrons. The van der Waals surface area contributed by atoms with Crippen molar-refractivity contribution in [3.8, 4) is 23.2 Å². The van der Waals surface area contributed by atoms with Gasteiger partial charge in [0.1, 0.15) is 11.9 Å². The van der Waals surface area contributed by atoms with Crippen molar-refractivity contribution < 1.29 is 9.13 Å². The number of hydrogen-bond donors (Lipinski definition) is 2. The first kappa shape index (κ1) is 15.5. The maximum absolute atomic E-state index is 13.3. The third-order valence-corrected chi connectivity index (χ3v) is 4.90. The highest BCUT2D eigenvalue weighted by Gasteiger charge is 2.39. The van der Waals surface area contributed by atoms with Crippen LogP contribution < -0.4 is 10.5 Å². The number of nitrogens with one attached hydrogen (secondary N) is 1. The smallest absolute Gasteiger partial charge is 0.244 e. The number of nitrogens with zero attached hydrogens (tertiary/aromatic N) is 2. The van der Waals surface area contributed by atoms with Gasteiger partial charge in [0.25, 0.3) is 0 Å². The van der Waals surface area contributed by atoms with Gasteiger partial charge in [0.15, 0.2) is 0 Å². The molecule has 2 unspecified atom stereocenters. The first-order valence-electron chi connectivity index (χ1n) is 8.26. The van der Waals surface area contributed by atoms with Gasteiger partial charge < -0.3 is 10.5 Å². The Hall–Kier alpha value is -3.07. The Morgan fingerprint density at radius 2 is 2.08 bits per heavy atom. The van der Waals surface area contributed by atoms with Crippen LogP contribution >= 0.6 is 0 Å². The Morgan fingerprint density at radius 3 is 2.76 bits per heavy atom. The fourth-order valence-corrected chi connectivity index (χ4v) is 3.71. The molecule has 2 heterocycles. The van der Waals surface area contributed by atoms with Gasteiger partial charge in [-0.2, -0.15) is 5.26 Å². The van der Waals surface area contributed by atoms with Crippen molar-refractivity contribution in [2.45, 2.75) is 25.2 Å². The van der Waals surface area contributed by atoms with Gasteiger partial charge in [0.2, 0.25) is 11.8 Å². The van der Waals surface area contributed by atoms with Crippen molar-refractivity contribution in [2.75, 3.05) is 0 Å². The molecule has 25 heavy (non-hydrogen) atoms. The van der Waals surface area contributed by atoms with Gasteiger partial charge >= 0.3 is 0 Å². The summed E-state index contributed by atoms with van der Waals surface area (Å²) in [6, 6.07) is 8.41. The van der Waals surface area contributed by atoms with E-state index in [1.165, 1.54) is 12.1 Å². The van der Waals surface area contributed by atoms with Gasteiger partial charge in [-0.1, -0.05) is 12.2 Å². The van der Waals surface area contributed by atoms with E-state index in [1.807, 2.05) is 0 Å². The van der Waals surface area contributed by atoms with Gasteiger partial charge in [-0.05, 0) is 49.4 Å². The third-order valence-electron chi connectivity index (χ3n) is 4.90. The summed E-state index contributed by atoms with van der Waals surface area (Å²) in [5.41, 5.74) is 8.80. The molecule has 1 aromatic carbocycles. The number of nitriles is 1. The van der Waals surface area contributed by atoms with Crippen LogP contribution in [0.15, 0.2) is 47.9 Å². The number of aromatic nitrogens is 2. The van der Waals surface area contributed by atoms with Gasteiger partial charge in [-0.15, -0.1) is 5.10 Å². The van der Waals surface area contributed by atoms with E-state index < -0.39 is 0 Å². The molecule has 0 radical (unpaired) electrons. The number of halogens is 1. The zero-order chi connectivity index (χ0) is 17.4. The quantitative estimate of drug-likeness (QED) is 0.818. The Morgan fingerprint density at radius 1 is 1.28 bits per heavy atom. The average molecular weight is 336 g/mol. The van der Waals surface area contributed by atoms with Crippen LogP contribution in [0.3, 0.4) is 0 Å². The average Bonchev–Trinajstić information content (AvgIpc) is 3.05. The molecule has 6 heteroatoms. The molecule has 2 atom stereocenters. The molecule has 1 aliphatic carbocycles. The van der Waals surface area contributed by atoms with Crippen molar-refractivity contribution in [2.24, 2.45) is 11.7 Å². The van der Waals surface area contributed by atoms with E-state index in [1.54, 1.807) is 12.1 Å². The lowest BCUT2D eigenvalue weighted by atomic mass is 9.74. The predicted molar refractivity (Wildman–Crippen MR) is 90.7 cm³/mol. The van der Waals surface area contributed by atoms with Crippen molar-refractivity contribution >= 4 is 0 Å². The lowest BCUT2D eigenvalue weighted by Crippen LogP contribution is -2.25. The van der Waals surface area contributed by atoms with Crippen LogP contribution in [0.2, 0.25) is 0 Å². The summed E-state index contributed by atoms with van der Waals surface area (Å²) in [6.07, 6.45) is 7.11. The standard InChI is InChI=1S/C19H17FN4O/c20-13-8-6-12(7-9-13)17-16-15(11-4-2-1-3-5-11)14(10-21)18(22)25-19(16)24-23-17/h1-2,6-9,11,15H,3-5,22H2,(H,23,24). The van der Waals surface area contributed by atoms with Gasteiger partial charge in [0.05, 0.1) is 16.8 Å². The summed E-state index contributed by atoms with van der Waals surface area (Å²) in [5, 5.41) is 16.9. The molecule has 1 aromatic heterocycles. The van der Waals surface area contributed by atoms with E-state index in [-0.39, 0.29) is 23.5 Å². The SMILES string of the molecule is N#CC1=C(N)Oc2n[nH]c(-c3ccc(F)cc3)c2C1C1CC=CCC1. The highest BCUT2D eigenvalue weighted by Crippen LogP contribution is 2.48. The van der Waals surface area contributed by atoms with E-state index >= 15 is 0 Å². The number of H-pyrrole nitrogens is 1. The fraction of sp³-hybridized carbons (Fsp3) is 0.263. The Kier molecular flexibility index (Phi) is 3.77. The Balaban J connectivity index is 1.86. The number of ether oxygens (including phenoxy) is 1. The predicted octanol–water partition coefficient (Wildman–Crippen LogP) is 3.74. The minimum Gasteiger partial charge on any atom is -0.420 e. The second-order valence-corrected chi connectivity index (χ2v) is 6.34. The highest BCUT2D eigenvalue weighted by atomic mass is 19.1. The summed E-state index contributed by atoms with van der Waals surface area (Å²) in [7, 11) is 0. The van der Waals surface area contributed by atoms with Crippen LogP contribution in [0.25, 0.3) is 11.3 Å². The summed E-state index contributed by atoms with van der Waals surface area (Å²) in [4.78, 5) is 0. The molecule has 1 aliphatic heterocycles. The van der Waals surface area contributed by atoms with Crippen molar-refractivity contribution in [1.82, 2.24) is 10.2 Å². The van der Waals surface area contributed by atoms with Crippen LogP contribution in [0, 0.1) is 23.1 Å². The molecule has 0 saturated carbocycles. The highest BCUT2D eigenvalue weighted by molar-refractivity contribution is 5.69. The van der Waals surface area contributed by atoms with Gasteiger partial charge in [-0.25, -0.2) is 4.39 Å². The second-order valence-electron chi connectivity index (χ2n) is 6.34. The minimum atomic E-state index is -0.302. The number of fused-ring (bicyclic) bond motifs is 1. The van der Waals surface area contributed by atoms with Crippen molar-refractivity contribution in [3.63, 3.8) is 0 Å². The lowest BCUT2D eigenvalue weighted by Gasteiger charge is -2.31.